The summed E-state index contributed by atoms with van der Waals surface area (Å²) in [5.74, 6) is 0.168. The summed E-state index contributed by atoms with van der Waals surface area (Å²) in [7, 11) is 0. The fourth-order valence-corrected chi connectivity index (χ4v) is 4.94. The van der Waals surface area contributed by atoms with Gasteiger partial charge in [0, 0.05) is 44.6 Å². The summed E-state index contributed by atoms with van der Waals surface area (Å²) in [5, 5.41) is 12.8. The number of aliphatic hydroxyl groups is 1. The molecule has 2 aliphatic rings. The van der Waals surface area contributed by atoms with Crippen molar-refractivity contribution in [3.8, 4) is 0 Å². The fourth-order valence-electron chi connectivity index (χ4n) is 4.94. The predicted molar refractivity (Wildman–Crippen MR) is 119 cm³/mol. The van der Waals surface area contributed by atoms with Crippen LogP contribution in [-0.2, 0) is 11.0 Å². The maximum atomic E-state index is 13.5. The van der Waals surface area contributed by atoms with E-state index in [2.05, 4.69) is 27.1 Å². The quantitative estimate of drug-likeness (QED) is 0.723. The average molecular weight is 466 g/mol. The zero-order valence-corrected chi connectivity index (χ0v) is 18.8. The van der Waals surface area contributed by atoms with E-state index < -0.39 is 11.7 Å². The number of anilines is 1. The van der Waals surface area contributed by atoms with Crippen LogP contribution in [0.5, 0.6) is 0 Å². The standard InChI is InChI=1S/C23H30F3N5O2/c1-14-11-16(29-22(33)15(2)30-9-5-17(32)6-10-30)13-31(12-14)19-4-3-18(23(24,25)26)20-21(19)28-8-7-27-20/h3-4,7-8,14-17,32H,5-6,9-13H2,1-2H3,(H,29,33)/t14-,15+,16+/m0/s1. The van der Waals surface area contributed by atoms with Gasteiger partial charge in [-0.2, -0.15) is 13.2 Å². The molecule has 0 saturated carbocycles. The molecule has 3 heterocycles. The van der Waals surface area contributed by atoms with Crippen LogP contribution in [0.4, 0.5) is 18.9 Å². The third kappa shape index (κ3) is 5.22. The lowest BCUT2D eigenvalue weighted by Crippen LogP contribution is -2.55. The molecule has 0 unspecified atom stereocenters. The summed E-state index contributed by atoms with van der Waals surface area (Å²) < 4.78 is 40.4. The smallest absolute Gasteiger partial charge is 0.393 e. The van der Waals surface area contributed by atoms with Crippen LogP contribution in [0.2, 0.25) is 0 Å². The van der Waals surface area contributed by atoms with Gasteiger partial charge in [0.2, 0.25) is 5.91 Å². The van der Waals surface area contributed by atoms with Crippen LogP contribution in [0.1, 0.15) is 38.7 Å². The zero-order valence-electron chi connectivity index (χ0n) is 18.8. The molecular formula is C23H30F3N5O2. The maximum absolute atomic E-state index is 13.5. The van der Waals surface area contributed by atoms with E-state index in [1.54, 1.807) is 0 Å². The number of alkyl halides is 3. The third-order valence-electron chi connectivity index (χ3n) is 6.68. The molecule has 7 nitrogen and oxygen atoms in total. The van der Waals surface area contributed by atoms with E-state index in [0.29, 0.717) is 44.7 Å². The Hall–Kier alpha value is -2.46. The van der Waals surface area contributed by atoms with E-state index in [-0.39, 0.29) is 41.0 Å². The van der Waals surface area contributed by atoms with Crippen molar-refractivity contribution in [1.82, 2.24) is 20.2 Å². The van der Waals surface area contributed by atoms with Crippen molar-refractivity contribution >= 4 is 22.6 Å². The van der Waals surface area contributed by atoms with E-state index >= 15 is 0 Å². The second-order valence-corrected chi connectivity index (χ2v) is 9.28. The van der Waals surface area contributed by atoms with Crippen molar-refractivity contribution in [3.05, 3.63) is 30.1 Å². The first kappa shape index (κ1) is 23.7. The molecule has 2 aromatic rings. The largest absolute Gasteiger partial charge is 0.418 e. The second-order valence-electron chi connectivity index (χ2n) is 9.28. The van der Waals surface area contributed by atoms with Crippen LogP contribution in [0.3, 0.4) is 0 Å². The van der Waals surface area contributed by atoms with Gasteiger partial charge in [-0.05, 0) is 44.2 Å². The number of carbonyl (C=O) groups is 1. The van der Waals surface area contributed by atoms with Crippen molar-refractivity contribution in [2.24, 2.45) is 5.92 Å². The topological polar surface area (TPSA) is 81.6 Å². The highest BCUT2D eigenvalue weighted by Gasteiger charge is 2.36. The molecule has 1 aromatic carbocycles. The Morgan fingerprint density at radius 2 is 1.82 bits per heavy atom. The van der Waals surface area contributed by atoms with Gasteiger partial charge in [0.25, 0.3) is 0 Å². The molecule has 10 heteroatoms. The molecule has 3 atom stereocenters. The van der Waals surface area contributed by atoms with Crippen LogP contribution in [-0.4, -0.2) is 70.2 Å². The molecule has 4 rings (SSSR count). The van der Waals surface area contributed by atoms with Crippen molar-refractivity contribution in [3.63, 3.8) is 0 Å². The summed E-state index contributed by atoms with van der Waals surface area (Å²) in [6.45, 7) is 6.44. The van der Waals surface area contributed by atoms with E-state index in [1.807, 2.05) is 11.8 Å². The van der Waals surface area contributed by atoms with E-state index in [1.165, 1.54) is 18.5 Å². The molecule has 2 saturated heterocycles. The van der Waals surface area contributed by atoms with E-state index in [4.69, 9.17) is 0 Å². The number of halogens is 3. The lowest BCUT2D eigenvalue weighted by molar-refractivity contribution is -0.136. The Morgan fingerprint density at radius 3 is 2.48 bits per heavy atom. The number of hydrogen-bond acceptors (Lipinski definition) is 6. The number of aliphatic hydroxyl groups excluding tert-OH is 1. The summed E-state index contributed by atoms with van der Waals surface area (Å²) in [5.41, 5.74) is -0.159. The number of amides is 1. The number of nitrogens with one attached hydrogen (secondary N) is 1. The van der Waals surface area contributed by atoms with Gasteiger partial charge in [-0.1, -0.05) is 6.92 Å². The summed E-state index contributed by atoms with van der Waals surface area (Å²) in [4.78, 5) is 25.2. The SMILES string of the molecule is C[C@H]1C[C@@H](NC(=O)[C@@H](C)N2CCC(O)CC2)CN(c2ccc(C(F)(F)F)c3nccnc23)C1. The molecule has 2 aliphatic heterocycles. The number of likely N-dealkylation sites (tertiary alicyclic amines) is 1. The van der Waals surface area contributed by atoms with Gasteiger partial charge < -0.3 is 15.3 Å². The molecule has 180 valence electrons. The van der Waals surface area contributed by atoms with Crippen molar-refractivity contribution in [2.45, 2.75) is 57.5 Å². The minimum atomic E-state index is -4.51. The van der Waals surface area contributed by atoms with Crippen LogP contribution in [0.25, 0.3) is 11.0 Å². The molecule has 33 heavy (non-hydrogen) atoms. The number of aromatic nitrogens is 2. The molecule has 2 N–H and O–H groups in total. The monoisotopic (exact) mass is 465 g/mol. The Balaban J connectivity index is 1.51. The van der Waals surface area contributed by atoms with Gasteiger partial charge >= 0.3 is 6.18 Å². The highest BCUT2D eigenvalue weighted by atomic mass is 19.4. The van der Waals surface area contributed by atoms with Crippen molar-refractivity contribution in [1.29, 1.82) is 0 Å². The summed E-state index contributed by atoms with van der Waals surface area (Å²) >= 11 is 0. The van der Waals surface area contributed by atoms with Crippen LogP contribution < -0.4 is 10.2 Å². The molecule has 1 aromatic heterocycles. The summed E-state index contributed by atoms with van der Waals surface area (Å²) in [6.07, 6.45) is -0.0373. The number of hydrogen-bond donors (Lipinski definition) is 2. The number of fused-ring (bicyclic) bond motifs is 1. The first-order valence-electron chi connectivity index (χ1n) is 11.4. The Morgan fingerprint density at radius 1 is 1.15 bits per heavy atom. The zero-order chi connectivity index (χ0) is 23.8. The number of piperidine rings is 2. The predicted octanol–water partition coefficient (Wildman–Crippen LogP) is 2.82. The Labute approximate surface area is 191 Å². The van der Waals surface area contributed by atoms with Gasteiger partial charge in [0.15, 0.2) is 0 Å². The Kier molecular flexibility index (Phi) is 6.76. The molecule has 2 fully saturated rings. The molecular weight excluding hydrogens is 435 g/mol. The van der Waals surface area contributed by atoms with Gasteiger partial charge in [0.05, 0.1) is 23.4 Å². The molecule has 0 radical (unpaired) electrons. The Bertz CT molecular complexity index is 994. The minimum absolute atomic E-state index is 0.0671. The first-order chi connectivity index (χ1) is 15.6. The first-order valence-corrected chi connectivity index (χ1v) is 11.4. The normalized spacial score (nSPS) is 24.1. The molecule has 0 spiro atoms. The van der Waals surface area contributed by atoms with Crippen LogP contribution in [0.15, 0.2) is 24.5 Å². The number of rotatable bonds is 4. The van der Waals surface area contributed by atoms with E-state index in [0.717, 1.165) is 12.5 Å². The van der Waals surface area contributed by atoms with Gasteiger partial charge in [-0.3, -0.25) is 19.7 Å². The van der Waals surface area contributed by atoms with Gasteiger partial charge in [0.1, 0.15) is 11.0 Å². The third-order valence-corrected chi connectivity index (χ3v) is 6.68. The minimum Gasteiger partial charge on any atom is -0.393 e. The van der Waals surface area contributed by atoms with Crippen molar-refractivity contribution in [2.75, 3.05) is 31.1 Å². The van der Waals surface area contributed by atoms with Gasteiger partial charge in [-0.25, -0.2) is 0 Å². The van der Waals surface area contributed by atoms with Gasteiger partial charge in [-0.15, -0.1) is 0 Å². The lowest BCUT2D eigenvalue weighted by atomic mass is 9.94. The van der Waals surface area contributed by atoms with Crippen molar-refractivity contribution < 1.29 is 23.1 Å². The van der Waals surface area contributed by atoms with E-state index in [9.17, 15) is 23.1 Å². The number of benzene rings is 1. The highest BCUT2D eigenvalue weighted by Crippen LogP contribution is 2.37. The average Bonchev–Trinajstić information content (AvgIpc) is 2.77. The van der Waals surface area contributed by atoms with Crippen LogP contribution in [0, 0.1) is 5.92 Å². The highest BCUT2D eigenvalue weighted by molar-refractivity contribution is 5.91. The fraction of sp³-hybridized carbons (Fsp3) is 0.609. The maximum Gasteiger partial charge on any atom is 0.418 e. The van der Waals surface area contributed by atoms with Crippen LogP contribution >= 0.6 is 0 Å². The second kappa shape index (κ2) is 9.42. The lowest BCUT2D eigenvalue weighted by Gasteiger charge is -2.40. The molecule has 0 aliphatic carbocycles. The summed E-state index contributed by atoms with van der Waals surface area (Å²) in [6, 6.07) is 2.08. The molecule has 0 bridgehead atoms. The molecule has 1 amide bonds. The number of carbonyl (C=O) groups excluding carboxylic acids is 1. The number of nitrogens with zero attached hydrogens (tertiary/aromatic N) is 4.